The zero-order chi connectivity index (χ0) is 24.2. The molecule has 4 aromatic rings. The van der Waals surface area contributed by atoms with Gasteiger partial charge in [0.25, 0.3) is 6.67 Å². The monoisotopic (exact) mass is 478 g/mol. The van der Waals surface area contributed by atoms with Gasteiger partial charge in [0.05, 0.1) is 5.52 Å². The molecule has 6 heteroatoms. The summed E-state index contributed by atoms with van der Waals surface area (Å²) < 4.78 is 4.74. The fraction of sp³-hybridized carbons (Fsp3) is 0.433. The van der Waals surface area contributed by atoms with E-state index in [0.717, 1.165) is 32.1 Å². The molecule has 184 valence electrons. The first kappa shape index (κ1) is 22.1. The van der Waals surface area contributed by atoms with E-state index in [1.54, 1.807) is 11.3 Å². The Morgan fingerprint density at radius 2 is 1.31 bits per heavy atom. The van der Waals surface area contributed by atoms with Gasteiger partial charge in [-0.1, -0.05) is 36.4 Å². The van der Waals surface area contributed by atoms with Crippen molar-refractivity contribution in [3.05, 3.63) is 82.5 Å². The van der Waals surface area contributed by atoms with E-state index in [1.165, 1.54) is 72.1 Å². The SMILES string of the molecule is NCCn1c2c(c3ccccc31)CN1CCC2C1.[C-]#[N+]Cn1c2c(c3ccccc31)CN1CCC2C1. The predicted octanol–water partition coefficient (Wildman–Crippen LogP) is 4.72. The Morgan fingerprint density at radius 1 is 0.778 bits per heavy atom. The van der Waals surface area contributed by atoms with Gasteiger partial charge in [0.15, 0.2) is 0 Å². The molecule has 4 aliphatic rings. The van der Waals surface area contributed by atoms with Gasteiger partial charge in [0, 0.05) is 78.8 Å². The third kappa shape index (κ3) is 3.34. The van der Waals surface area contributed by atoms with Crippen molar-refractivity contribution < 1.29 is 0 Å². The highest BCUT2D eigenvalue weighted by Gasteiger charge is 2.36. The van der Waals surface area contributed by atoms with Crippen LogP contribution in [0.25, 0.3) is 26.7 Å². The van der Waals surface area contributed by atoms with E-state index >= 15 is 0 Å². The number of fused-ring (bicyclic) bond motifs is 12. The number of benzene rings is 2. The predicted molar refractivity (Wildman–Crippen MR) is 145 cm³/mol. The van der Waals surface area contributed by atoms with E-state index < -0.39 is 0 Å². The van der Waals surface area contributed by atoms with Crippen LogP contribution in [0.3, 0.4) is 0 Å². The van der Waals surface area contributed by atoms with E-state index in [4.69, 9.17) is 12.3 Å². The summed E-state index contributed by atoms with van der Waals surface area (Å²) in [5.41, 5.74) is 14.5. The molecule has 0 amide bonds. The molecule has 36 heavy (non-hydrogen) atoms. The number of nitrogens with zero attached hydrogens (tertiary/aromatic N) is 5. The molecule has 6 nitrogen and oxygen atoms in total. The van der Waals surface area contributed by atoms with Crippen LogP contribution >= 0.6 is 0 Å². The Morgan fingerprint density at radius 3 is 1.86 bits per heavy atom. The molecule has 2 aromatic carbocycles. The largest absolute Gasteiger partial charge is 0.343 e. The highest BCUT2D eigenvalue weighted by molar-refractivity contribution is 5.87. The average molecular weight is 479 g/mol. The van der Waals surface area contributed by atoms with Crippen molar-refractivity contribution in [1.82, 2.24) is 18.9 Å². The van der Waals surface area contributed by atoms with Crippen LogP contribution in [0.15, 0.2) is 48.5 Å². The van der Waals surface area contributed by atoms with Crippen LogP contribution in [-0.4, -0.2) is 51.7 Å². The minimum Gasteiger partial charge on any atom is -0.343 e. The maximum atomic E-state index is 7.20. The zero-order valence-electron chi connectivity index (χ0n) is 20.9. The fourth-order valence-corrected chi connectivity index (χ4v) is 7.49. The van der Waals surface area contributed by atoms with Gasteiger partial charge < -0.3 is 10.3 Å². The van der Waals surface area contributed by atoms with Gasteiger partial charge in [-0.05, 0) is 49.2 Å². The second kappa shape index (κ2) is 8.77. The zero-order valence-corrected chi connectivity index (χ0v) is 20.9. The summed E-state index contributed by atoms with van der Waals surface area (Å²) in [5, 5.41) is 2.80. The number of hydrogen-bond donors (Lipinski definition) is 1. The minimum absolute atomic E-state index is 0.465. The summed E-state index contributed by atoms with van der Waals surface area (Å²) in [6.45, 7) is 16.4. The lowest BCUT2D eigenvalue weighted by Crippen LogP contribution is -2.26. The van der Waals surface area contributed by atoms with Crippen LogP contribution in [-0.2, 0) is 26.3 Å². The first-order valence-electron chi connectivity index (χ1n) is 13.4. The van der Waals surface area contributed by atoms with E-state index in [1.807, 2.05) is 0 Å². The molecule has 0 aliphatic carbocycles. The van der Waals surface area contributed by atoms with Gasteiger partial charge in [-0.25, -0.2) is 6.57 Å². The first-order chi connectivity index (χ1) is 17.8. The molecule has 2 saturated heterocycles. The number of nitrogens with two attached hydrogens (primary N) is 1. The van der Waals surface area contributed by atoms with Crippen LogP contribution in [0.1, 0.15) is 47.2 Å². The molecule has 4 bridgehead atoms. The normalized spacial score (nSPS) is 25.3. The Bertz CT molecular complexity index is 1470. The van der Waals surface area contributed by atoms with Crippen molar-refractivity contribution in [2.24, 2.45) is 5.73 Å². The van der Waals surface area contributed by atoms with Gasteiger partial charge in [0.2, 0.25) is 0 Å². The van der Waals surface area contributed by atoms with E-state index in [2.05, 4.69) is 72.3 Å². The molecular weight excluding hydrogens is 444 g/mol. The third-order valence-corrected chi connectivity index (χ3v) is 8.89. The molecular formula is C30H34N6. The van der Waals surface area contributed by atoms with E-state index in [-0.39, 0.29) is 0 Å². The molecule has 6 heterocycles. The second-order valence-corrected chi connectivity index (χ2v) is 10.9. The Hall–Kier alpha value is -3.11. The van der Waals surface area contributed by atoms with Crippen molar-refractivity contribution in [2.75, 3.05) is 32.7 Å². The van der Waals surface area contributed by atoms with Crippen molar-refractivity contribution >= 4 is 21.8 Å². The molecule has 4 aliphatic heterocycles. The standard InChI is InChI=1S/C15H15N3.C15H19N3/c1-16-10-18-14-5-3-2-4-12(14)13-9-17-7-6-11(8-17)15(13)18;16-6-8-18-14-4-2-1-3-12(14)13-10-17-7-5-11(9-17)15(13)18/h2-5,11H,6-10H2;1-4,11H,5-10,16H2. The summed E-state index contributed by atoms with van der Waals surface area (Å²) >= 11 is 0. The van der Waals surface area contributed by atoms with E-state index in [0.29, 0.717) is 12.6 Å². The lowest BCUT2D eigenvalue weighted by Gasteiger charge is -2.24. The van der Waals surface area contributed by atoms with Crippen molar-refractivity contribution in [2.45, 2.75) is 51.0 Å². The molecule has 0 spiro atoms. The van der Waals surface area contributed by atoms with Crippen LogP contribution in [0.5, 0.6) is 0 Å². The summed E-state index contributed by atoms with van der Waals surface area (Å²) in [6.07, 6.45) is 2.56. The number of aromatic nitrogens is 2. The number of hydrogen-bond acceptors (Lipinski definition) is 3. The molecule has 8 rings (SSSR count). The molecule has 0 saturated carbocycles. The highest BCUT2D eigenvalue weighted by Crippen LogP contribution is 2.42. The summed E-state index contributed by atoms with van der Waals surface area (Å²) in [5.74, 6) is 1.37. The Balaban J connectivity index is 0.000000122. The van der Waals surface area contributed by atoms with Gasteiger partial charge >= 0.3 is 0 Å². The summed E-state index contributed by atoms with van der Waals surface area (Å²) in [6, 6.07) is 17.4. The third-order valence-electron chi connectivity index (χ3n) is 8.89. The Kier molecular flexibility index (Phi) is 5.39. The van der Waals surface area contributed by atoms with Gasteiger partial charge in [-0.3, -0.25) is 19.2 Å². The smallest absolute Gasteiger partial charge is 0.293 e. The molecule has 2 fully saturated rings. The highest BCUT2D eigenvalue weighted by atomic mass is 15.2. The first-order valence-corrected chi connectivity index (χ1v) is 13.4. The number of para-hydroxylation sites is 2. The quantitative estimate of drug-likeness (QED) is 0.433. The summed E-state index contributed by atoms with van der Waals surface area (Å²) in [4.78, 5) is 8.75. The second-order valence-electron chi connectivity index (χ2n) is 10.9. The molecule has 4 atom stereocenters. The lowest BCUT2D eigenvalue weighted by atomic mass is 9.97. The van der Waals surface area contributed by atoms with Crippen molar-refractivity contribution in [1.29, 1.82) is 0 Å². The Labute approximate surface area is 212 Å². The van der Waals surface area contributed by atoms with Crippen molar-refractivity contribution in [3.63, 3.8) is 0 Å². The number of rotatable bonds is 3. The molecule has 4 unspecified atom stereocenters. The average Bonchev–Trinajstić information content (AvgIpc) is 3.65. The minimum atomic E-state index is 0.465. The fourth-order valence-electron chi connectivity index (χ4n) is 7.49. The van der Waals surface area contributed by atoms with Gasteiger partial charge in [0.1, 0.15) is 0 Å². The molecule has 0 radical (unpaired) electrons. The summed E-state index contributed by atoms with van der Waals surface area (Å²) in [7, 11) is 0. The lowest BCUT2D eigenvalue weighted by molar-refractivity contribution is 0.311. The maximum Gasteiger partial charge on any atom is 0.293 e. The maximum absolute atomic E-state index is 7.20. The van der Waals surface area contributed by atoms with Crippen LogP contribution in [0.4, 0.5) is 0 Å². The topological polar surface area (TPSA) is 46.7 Å². The molecule has 2 N–H and O–H groups in total. The van der Waals surface area contributed by atoms with Crippen LogP contribution in [0, 0.1) is 6.57 Å². The molecule has 2 aromatic heterocycles. The van der Waals surface area contributed by atoms with Gasteiger partial charge in [-0.2, -0.15) is 0 Å². The van der Waals surface area contributed by atoms with Crippen LogP contribution in [0.2, 0.25) is 0 Å². The van der Waals surface area contributed by atoms with Crippen molar-refractivity contribution in [3.8, 4) is 0 Å². The van der Waals surface area contributed by atoms with Gasteiger partial charge in [-0.15, -0.1) is 0 Å². The van der Waals surface area contributed by atoms with E-state index in [9.17, 15) is 0 Å². The van der Waals surface area contributed by atoms with Crippen LogP contribution < -0.4 is 5.73 Å².